The molecule has 0 amide bonds. The molecule has 0 aromatic carbocycles. The Hall–Kier alpha value is -0.120. The van der Waals surface area contributed by atoms with Gasteiger partial charge in [-0.2, -0.15) is 0 Å². The van der Waals surface area contributed by atoms with E-state index in [4.69, 9.17) is 14.9 Å². The maximum atomic E-state index is 9.03. The van der Waals surface area contributed by atoms with Crippen LogP contribution in [0, 0.1) is 11.8 Å². The number of aliphatic hydroxyl groups is 2. The number of fused-ring (bicyclic) bond motifs is 3. The Kier molecular flexibility index (Phi) is 2.35. The summed E-state index contributed by atoms with van der Waals surface area (Å²) in [7, 11) is 0. The maximum absolute atomic E-state index is 9.03. The summed E-state index contributed by atoms with van der Waals surface area (Å²) in [5.41, 5.74) is 0. The average Bonchev–Trinajstić information content (AvgIpc) is 2.29. The van der Waals surface area contributed by atoms with Gasteiger partial charge in [-0.3, -0.25) is 0 Å². The molecule has 3 fully saturated rings. The molecule has 2 N–H and O–H groups in total. The van der Waals surface area contributed by atoms with Crippen LogP contribution in [0.1, 0.15) is 19.3 Å². The van der Waals surface area contributed by atoms with Crippen LogP contribution in [0.25, 0.3) is 0 Å². The second kappa shape index (κ2) is 3.32. The van der Waals surface area contributed by atoms with Crippen molar-refractivity contribution in [2.24, 2.45) is 11.8 Å². The topological polar surface area (TPSA) is 49.7 Å². The summed E-state index contributed by atoms with van der Waals surface area (Å²) < 4.78 is 5.59. The lowest BCUT2D eigenvalue weighted by Crippen LogP contribution is -2.44. The van der Waals surface area contributed by atoms with E-state index in [2.05, 4.69) is 0 Å². The fraction of sp³-hybridized carbons (Fsp3) is 1.00. The lowest BCUT2D eigenvalue weighted by Gasteiger charge is -2.39. The zero-order valence-electron chi connectivity index (χ0n) is 7.15. The molecule has 0 aromatic heterocycles. The molecule has 3 rings (SSSR count). The molecule has 2 heterocycles. The minimum atomic E-state index is 0.232. The van der Waals surface area contributed by atoms with E-state index in [9.17, 15) is 0 Å². The predicted octanol–water partition coefficient (Wildman–Crippen LogP) is 0.155. The van der Waals surface area contributed by atoms with Crippen molar-refractivity contribution in [1.29, 1.82) is 0 Å². The van der Waals surface area contributed by atoms with E-state index in [1.54, 1.807) is 0 Å². The molecule has 3 heteroatoms. The van der Waals surface area contributed by atoms with Gasteiger partial charge in [0.15, 0.2) is 0 Å². The Balaban J connectivity index is 1.96. The summed E-state index contributed by atoms with van der Waals surface area (Å²) >= 11 is 0. The monoisotopic (exact) mass is 172 g/mol. The Morgan fingerprint density at radius 1 is 1.00 bits per heavy atom. The molecule has 0 aromatic rings. The van der Waals surface area contributed by atoms with E-state index in [1.807, 2.05) is 0 Å². The first kappa shape index (κ1) is 8.48. The Morgan fingerprint density at radius 2 is 1.42 bits per heavy atom. The van der Waals surface area contributed by atoms with Gasteiger partial charge in [0.05, 0.1) is 12.2 Å². The summed E-state index contributed by atoms with van der Waals surface area (Å²) in [6.07, 6.45) is 3.59. The van der Waals surface area contributed by atoms with Crippen LogP contribution in [0.4, 0.5) is 0 Å². The van der Waals surface area contributed by atoms with Gasteiger partial charge in [0, 0.05) is 31.5 Å². The highest BCUT2D eigenvalue weighted by Gasteiger charge is 2.43. The molecule has 4 unspecified atom stereocenters. The molecule has 3 nitrogen and oxygen atoms in total. The number of ether oxygens (including phenoxy) is 1. The summed E-state index contributed by atoms with van der Waals surface area (Å²) in [6.45, 7) is 0.463. The Bertz CT molecular complexity index is 138. The van der Waals surface area contributed by atoms with Gasteiger partial charge in [-0.25, -0.2) is 0 Å². The molecule has 0 radical (unpaired) electrons. The molecule has 1 aliphatic carbocycles. The fourth-order valence-corrected chi connectivity index (χ4v) is 2.27. The Morgan fingerprint density at radius 3 is 1.75 bits per heavy atom. The zero-order chi connectivity index (χ0) is 8.55. The normalized spacial score (nSPS) is 46.5. The number of aliphatic hydroxyl groups excluding tert-OH is 2. The van der Waals surface area contributed by atoms with Crippen LogP contribution in [0.3, 0.4) is 0 Å². The number of hydrogen-bond donors (Lipinski definition) is 2. The first-order valence-corrected chi connectivity index (χ1v) is 4.72. The van der Waals surface area contributed by atoms with Crippen molar-refractivity contribution in [2.75, 3.05) is 13.2 Å². The number of rotatable bonds is 2. The third kappa shape index (κ3) is 1.26. The van der Waals surface area contributed by atoms with E-state index >= 15 is 0 Å². The summed E-state index contributed by atoms with van der Waals surface area (Å²) in [6, 6.07) is 0. The van der Waals surface area contributed by atoms with Gasteiger partial charge in [-0.05, 0) is 12.8 Å². The number of hydrogen-bond acceptors (Lipinski definition) is 3. The van der Waals surface area contributed by atoms with E-state index in [0.717, 1.165) is 19.3 Å². The fourth-order valence-electron chi connectivity index (χ4n) is 2.27. The van der Waals surface area contributed by atoms with Gasteiger partial charge in [0.25, 0.3) is 0 Å². The molecule has 1 saturated carbocycles. The van der Waals surface area contributed by atoms with E-state index in [-0.39, 0.29) is 25.4 Å². The maximum Gasteiger partial charge on any atom is 0.0653 e. The van der Waals surface area contributed by atoms with Gasteiger partial charge in [-0.1, -0.05) is 0 Å². The lowest BCUT2D eigenvalue weighted by molar-refractivity contribution is -0.167. The SMILES string of the molecule is OCC1CCC(CO)C2CC1O2. The third-order valence-corrected chi connectivity index (χ3v) is 3.24. The van der Waals surface area contributed by atoms with E-state index in [1.165, 1.54) is 0 Å². The molecule has 4 atom stereocenters. The van der Waals surface area contributed by atoms with Crippen molar-refractivity contribution in [3.8, 4) is 0 Å². The molecule has 12 heavy (non-hydrogen) atoms. The van der Waals surface area contributed by atoms with Crippen LogP contribution >= 0.6 is 0 Å². The van der Waals surface area contributed by atoms with Crippen LogP contribution in [-0.2, 0) is 4.74 Å². The molecule has 2 bridgehead atoms. The quantitative estimate of drug-likeness (QED) is 0.623. The third-order valence-electron chi connectivity index (χ3n) is 3.24. The van der Waals surface area contributed by atoms with Gasteiger partial charge < -0.3 is 14.9 Å². The highest BCUT2D eigenvalue weighted by atomic mass is 16.5. The van der Waals surface area contributed by atoms with Crippen LogP contribution in [-0.4, -0.2) is 35.6 Å². The van der Waals surface area contributed by atoms with Crippen molar-refractivity contribution in [1.82, 2.24) is 0 Å². The molecule has 2 saturated heterocycles. The smallest absolute Gasteiger partial charge is 0.0653 e. The lowest BCUT2D eigenvalue weighted by atomic mass is 9.92. The molecule has 3 aliphatic rings. The van der Waals surface area contributed by atoms with Crippen molar-refractivity contribution in [2.45, 2.75) is 31.5 Å². The standard InChI is InChI=1S/C9H16O3/c10-4-6-1-2-7(5-11)9-3-8(6)12-9/h6-11H,1-5H2. The molecule has 70 valence electrons. The van der Waals surface area contributed by atoms with Gasteiger partial charge >= 0.3 is 0 Å². The van der Waals surface area contributed by atoms with Crippen molar-refractivity contribution in [3.05, 3.63) is 0 Å². The van der Waals surface area contributed by atoms with Crippen molar-refractivity contribution >= 4 is 0 Å². The second-order valence-electron chi connectivity index (χ2n) is 3.91. The molecular weight excluding hydrogens is 156 g/mol. The largest absolute Gasteiger partial charge is 0.396 e. The van der Waals surface area contributed by atoms with Crippen LogP contribution in [0.2, 0.25) is 0 Å². The van der Waals surface area contributed by atoms with E-state index in [0.29, 0.717) is 11.8 Å². The highest BCUT2D eigenvalue weighted by Crippen LogP contribution is 2.39. The van der Waals surface area contributed by atoms with Crippen LogP contribution < -0.4 is 0 Å². The molecule has 2 aliphatic heterocycles. The summed E-state index contributed by atoms with van der Waals surface area (Å²) in [4.78, 5) is 0. The van der Waals surface area contributed by atoms with Crippen molar-refractivity contribution < 1.29 is 14.9 Å². The minimum absolute atomic E-state index is 0.232. The van der Waals surface area contributed by atoms with Gasteiger partial charge in [0.1, 0.15) is 0 Å². The van der Waals surface area contributed by atoms with Gasteiger partial charge in [0.2, 0.25) is 0 Å². The minimum Gasteiger partial charge on any atom is -0.396 e. The molecular formula is C9H16O3. The first-order valence-electron chi connectivity index (χ1n) is 4.72. The zero-order valence-corrected chi connectivity index (χ0v) is 7.15. The first-order chi connectivity index (χ1) is 5.85. The highest BCUT2D eigenvalue weighted by molar-refractivity contribution is 4.91. The Labute approximate surface area is 72.3 Å². The van der Waals surface area contributed by atoms with Crippen LogP contribution in [0.5, 0.6) is 0 Å². The summed E-state index contributed by atoms with van der Waals surface area (Å²) in [5.74, 6) is 0.635. The van der Waals surface area contributed by atoms with E-state index < -0.39 is 0 Å². The van der Waals surface area contributed by atoms with Crippen molar-refractivity contribution in [3.63, 3.8) is 0 Å². The molecule has 0 spiro atoms. The van der Waals surface area contributed by atoms with Gasteiger partial charge in [-0.15, -0.1) is 0 Å². The van der Waals surface area contributed by atoms with Crippen LogP contribution in [0.15, 0.2) is 0 Å². The second-order valence-corrected chi connectivity index (χ2v) is 3.91. The summed E-state index contributed by atoms with van der Waals surface area (Å²) in [5, 5.41) is 18.1. The average molecular weight is 172 g/mol. The predicted molar refractivity (Wildman–Crippen MR) is 43.7 cm³/mol.